The predicted octanol–water partition coefficient (Wildman–Crippen LogP) is 2.68. The maximum absolute atomic E-state index is 5.49. The van der Waals surface area contributed by atoms with Gasteiger partial charge >= 0.3 is 0 Å². The molecule has 3 heteroatoms. The van der Waals surface area contributed by atoms with Crippen LogP contribution in [0.25, 0.3) is 0 Å². The average molecular weight is 237 g/mol. The fraction of sp³-hybridized carbons (Fsp3) is 0.538. The van der Waals surface area contributed by atoms with Gasteiger partial charge in [0, 0.05) is 18.3 Å². The van der Waals surface area contributed by atoms with Gasteiger partial charge in [-0.25, -0.2) is 0 Å². The Kier molecular flexibility index (Phi) is 4.55. The van der Waals surface area contributed by atoms with Crippen LogP contribution in [0.1, 0.15) is 18.9 Å². The fourth-order valence-electron chi connectivity index (χ4n) is 1.87. The zero-order valence-electron chi connectivity index (χ0n) is 9.74. The summed E-state index contributed by atoms with van der Waals surface area (Å²) >= 11 is 2.04. The van der Waals surface area contributed by atoms with E-state index in [1.165, 1.54) is 23.5 Å². The van der Waals surface area contributed by atoms with Gasteiger partial charge < -0.3 is 10.1 Å². The Morgan fingerprint density at radius 1 is 1.50 bits per heavy atom. The lowest BCUT2D eigenvalue weighted by Gasteiger charge is -2.11. The van der Waals surface area contributed by atoms with Crippen LogP contribution in [0.3, 0.4) is 0 Å². The Morgan fingerprint density at radius 2 is 2.44 bits per heavy atom. The van der Waals surface area contributed by atoms with Crippen LogP contribution in [0.4, 0.5) is 0 Å². The molecule has 0 amide bonds. The summed E-state index contributed by atoms with van der Waals surface area (Å²) in [4.78, 5) is 0. The van der Waals surface area contributed by atoms with Crippen LogP contribution in [0, 0.1) is 0 Å². The first-order valence-corrected chi connectivity index (χ1v) is 7.07. The Morgan fingerprint density at radius 3 is 3.19 bits per heavy atom. The minimum atomic E-state index is 0.695. The minimum Gasteiger partial charge on any atom is -0.494 e. The number of thioether (sulfide) groups is 1. The molecule has 88 valence electrons. The summed E-state index contributed by atoms with van der Waals surface area (Å²) in [5.74, 6) is 3.53. The highest BCUT2D eigenvalue weighted by Crippen LogP contribution is 2.18. The second kappa shape index (κ2) is 6.16. The van der Waals surface area contributed by atoms with Crippen LogP contribution in [0.15, 0.2) is 24.3 Å². The van der Waals surface area contributed by atoms with E-state index in [2.05, 4.69) is 23.5 Å². The van der Waals surface area contributed by atoms with Gasteiger partial charge in [-0.3, -0.25) is 0 Å². The Labute approximate surface area is 102 Å². The molecule has 1 fully saturated rings. The lowest BCUT2D eigenvalue weighted by Crippen LogP contribution is -2.27. The molecular weight excluding hydrogens is 218 g/mol. The highest BCUT2D eigenvalue weighted by atomic mass is 32.2. The first-order valence-electron chi connectivity index (χ1n) is 5.91. The van der Waals surface area contributed by atoms with E-state index in [-0.39, 0.29) is 0 Å². The second-order valence-corrected chi connectivity index (χ2v) is 5.17. The van der Waals surface area contributed by atoms with Crippen LogP contribution in [-0.4, -0.2) is 24.2 Å². The molecule has 2 nitrogen and oxygen atoms in total. The van der Waals surface area contributed by atoms with Crippen molar-refractivity contribution in [1.82, 2.24) is 5.32 Å². The Bertz CT molecular complexity index is 323. The Balaban J connectivity index is 1.85. The number of nitrogens with one attached hydrogen (secondary N) is 1. The maximum atomic E-state index is 5.49. The van der Waals surface area contributed by atoms with E-state index < -0.39 is 0 Å². The van der Waals surface area contributed by atoms with Gasteiger partial charge in [0.1, 0.15) is 5.75 Å². The number of rotatable bonds is 5. The summed E-state index contributed by atoms with van der Waals surface area (Å²) in [5.41, 5.74) is 1.31. The third-order valence-electron chi connectivity index (χ3n) is 2.73. The molecule has 2 rings (SSSR count). The molecule has 0 aromatic heterocycles. The van der Waals surface area contributed by atoms with Gasteiger partial charge in [-0.2, -0.15) is 11.8 Å². The molecule has 1 aliphatic rings. The quantitative estimate of drug-likeness (QED) is 0.850. The van der Waals surface area contributed by atoms with E-state index >= 15 is 0 Å². The first-order chi connectivity index (χ1) is 7.88. The van der Waals surface area contributed by atoms with Gasteiger partial charge in [-0.15, -0.1) is 0 Å². The number of hydrogen-bond acceptors (Lipinski definition) is 3. The van der Waals surface area contributed by atoms with Gasteiger partial charge in [0.2, 0.25) is 0 Å². The summed E-state index contributed by atoms with van der Waals surface area (Å²) in [6.07, 6.45) is 1.30. The van der Waals surface area contributed by atoms with E-state index in [9.17, 15) is 0 Å². The predicted molar refractivity (Wildman–Crippen MR) is 70.2 cm³/mol. The zero-order valence-corrected chi connectivity index (χ0v) is 10.6. The molecule has 1 unspecified atom stereocenters. The average Bonchev–Trinajstić information content (AvgIpc) is 2.80. The molecule has 0 spiro atoms. The molecule has 0 bridgehead atoms. The van der Waals surface area contributed by atoms with Crippen molar-refractivity contribution < 1.29 is 4.74 Å². The molecule has 1 heterocycles. The molecular formula is C13H19NOS. The Hall–Kier alpha value is -0.670. The zero-order chi connectivity index (χ0) is 11.2. The van der Waals surface area contributed by atoms with Crippen molar-refractivity contribution in [3.8, 4) is 5.75 Å². The van der Waals surface area contributed by atoms with Crippen molar-refractivity contribution in [3.05, 3.63) is 29.8 Å². The van der Waals surface area contributed by atoms with E-state index in [4.69, 9.17) is 4.74 Å². The van der Waals surface area contributed by atoms with Crippen molar-refractivity contribution in [2.24, 2.45) is 0 Å². The lowest BCUT2D eigenvalue weighted by molar-refractivity contribution is 0.339. The topological polar surface area (TPSA) is 21.3 Å². The molecule has 0 radical (unpaired) electrons. The second-order valence-electron chi connectivity index (χ2n) is 4.02. The van der Waals surface area contributed by atoms with Crippen molar-refractivity contribution >= 4 is 11.8 Å². The summed E-state index contributed by atoms with van der Waals surface area (Å²) < 4.78 is 5.49. The van der Waals surface area contributed by atoms with E-state index in [1.807, 2.05) is 24.8 Å². The highest BCUT2D eigenvalue weighted by Gasteiger charge is 2.14. The van der Waals surface area contributed by atoms with Gasteiger partial charge in [0.15, 0.2) is 0 Å². The molecule has 1 aliphatic heterocycles. The van der Waals surface area contributed by atoms with Crippen LogP contribution in [0.2, 0.25) is 0 Å². The normalized spacial score (nSPS) is 19.9. The molecule has 1 saturated heterocycles. The molecule has 1 atom stereocenters. The number of hydrogen-bond donors (Lipinski definition) is 1. The van der Waals surface area contributed by atoms with Gasteiger partial charge in [-0.05, 0) is 36.8 Å². The third kappa shape index (κ3) is 3.42. The molecule has 1 aromatic carbocycles. The van der Waals surface area contributed by atoms with E-state index in [0.29, 0.717) is 6.04 Å². The van der Waals surface area contributed by atoms with Crippen LogP contribution in [0.5, 0.6) is 5.75 Å². The van der Waals surface area contributed by atoms with Gasteiger partial charge in [-0.1, -0.05) is 12.1 Å². The lowest BCUT2D eigenvalue weighted by atomic mass is 10.2. The fourth-order valence-corrected chi connectivity index (χ4v) is 3.06. The van der Waals surface area contributed by atoms with Crippen LogP contribution >= 0.6 is 11.8 Å². The van der Waals surface area contributed by atoms with Crippen molar-refractivity contribution in [3.63, 3.8) is 0 Å². The minimum absolute atomic E-state index is 0.695. The van der Waals surface area contributed by atoms with Gasteiger partial charge in [0.25, 0.3) is 0 Å². The smallest absolute Gasteiger partial charge is 0.119 e. The van der Waals surface area contributed by atoms with Crippen molar-refractivity contribution in [1.29, 1.82) is 0 Å². The van der Waals surface area contributed by atoms with E-state index in [0.717, 1.165) is 18.9 Å². The number of benzene rings is 1. The van der Waals surface area contributed by atoms with Crippen molar-refractivity contribution in [2.45, 2.75) is 25.9 Å². The molecule has 0 saturated carbocycles. The highest BCUT2D eigenvalue weighted by molar-refractivity contribution is 7.99. The molecule has 1 aromatic rings. The summed E-state index contributed by atoms with van der Waals surface area (Å²) in [5, 5.41) is 3.59. The third-order valence-corrected chi connectivity index (χ3v) is 3.90. The molecule has 1 N–H and O–H groups in total. The van der Waals surface area contributed by atoms with Crippen LogP contribution < -0.4 is 10.1 Å². The van der Waals surface area contributed by atoms with E-state index in [1.54, 1.807) is 0 Å². The summed E-state index contributed by atoms with van der Waals surface area (Å²) in [7, 11) is 0. The molecule has 16 heavy (non-hydrogen) atoms. The van der Waals surface area contributed by atoms with Crippen LogP contribution in [-0.2, 0) is 6.54 Å². The monoisotopic (exact) mass is 237 g/mol. The summed E-state index contributed by atoms with van der Waals surface area (Å²) in [6, 6.07) is 9.04. The van der Waals surface area contributed by atoms with Crippen molar-refractivity contribution in [2.75, 3.05) is 18.1 Å². The molecule has 0 aliphatic carbocycles. The maximum Gasteiger partial charge on any atom is 0.119 e. The first kappa shape index (κ1) is 11.8. The van der Waals surface area contributed by atoms with Gasteiger partial charge in [0.05, 0.1) is 6.61 Å². The number of ether oxygens (including phenoxy) is 1. The standard InChI is InChI=1S/C13H19NOS/c1-2-15-13-5-3-4-11(8-13)9-14-12-6-7-16-10-12/h3-5,8,12,14H,2,6-7,9-10H2,1H3. The largest absolute Gasteiger partial charge is 0.494 e. The summed E-state index contributed by atoms with van der Waals surface area (Å²) in [6.45, 7) is 3.70. The SMILES string of the molecule is CCOc1cccc(CNC2CCSC2)c1.